The van der Waals surface area contributed by atoms with E-state index in [1.807, 2.05) is 0 Å². The van der Waals surface area contributed by atoms with Gasteiger partial charge in [-0.15, -0.1) is 0 Å². The van der Waals surface area contributed by atoms with Gasteiger partial charge in [0.1, 0.15) is 11.3 Å². The summed E-state index contributed by atoms with van der Waals surface area (Å²) >= 11 is 0. The van der Waals surface area contributed by atoms with E-state index in [9.17, 15) is 9.90 Å². The van der Waals surface area contributed by atoms with E-state index in [0.29, 0.717) is 12.2 Å². The zero-order valence-corrected chi connectivity index (χ0v) is 41.6. The van der Waals surface area contributed by atoms with Crippen LogP contribution in [0.3, 0.4) is 0 Å². The van der Waals surface area contributed by atoms with E-state index in [1.165, 1.54) is 254 Å². The van der Waals surface area contributed by atoms with Crippen LogP contribution in [0.2, 0.25) is 0 Å². The van der Waals surface area contributed by atoms with Gasteiger partial charge in [-0.25, -0.2) is 4.79 Å². The molecule has 1 N–H and O–H groups in total. The summed E-state index contributed by atoms with van der Waals surface area (Å²) < 4.78 is 6.91. The van der Waals surface area contributed by atoms with Crippen molar-refractivity contribution in [2.75, 3.05) is 6.61 Å². The molecule has 0 saturated carbocycles. The molecule has 0 aliphatic carbocycles. The number of carboxylic acids is 1. The number of hydrogen-bond donors (Lipinski definition) is 1. The molecule has 0 heterocycles. The molecule has 0 bridgehead atoms. The second-order valence-corrected chi connectivity index (χ2v) is 19.1. The molecule has 1 aromatic carbocycles. The van der Waals surface area contributed by atoms with Crippen molar-refractivity contribution in [3.63, 3.8) is 0 Å². The van der Waals surface area contributed by atoms with Gasteiger partial charge < -0.3 is 9.84 Å². The lowest BCUT2D eigenvalue weighted by molar-refractivity contribution is 0.0690. The topological polar surface area (TPSA) is 46.5 Å². The van der Waals surface area contributed by atoms with Gasteiger partial charge in [-0.2, -0.15) is 0 Å². The first-order chi connectivity index (χ1) is 29.6. The number of rotatable bonds is 47. The molecule has 0 spiro atoms. The van der Waals surface area contributed by atoms with Crippen LogP contribution >= 0.6 is 0 Å². The van der Waals surface area contributed by atoms with E-state index in [-0.39, 0.29) is 0 Å². The average Bonchev–Trinajstić information content (AvgIpc) is 3.24. The van der Waals surface area contributed by atoms with Gasteiger partial charge in [0.05, 0.1) is 6.61 Å². The molecular formula is C57H106O3. The fourth-order valence-corrected chi connectivity index (χ4v) is 9.62. The summed E-state index contributed by atoms with van der Waals surface area (Å²) in [5.74, 6) is 0.0423. The predicted molar refractivity (Wildman–Crippen MR) is 267 cm³/mol. The number of ether oxygens (including phenoxy) is 1. The third kappa shape index (κ3) is 29.0. The van der Waals surface area contributed by atoms with Gasteiger partial charge in [-0.05, 0) is 80.0 Å². The van der Waals surface area contributed by atoms with Crippen LogP contribution in [0.5, 0.6) is 5.75 Å². The molecule has 0 unspecified atom stereocenters. The van der Waals surface area contributed by atoms with Crippen molar-refractivity contribution in [1.29, 1.82) is 0 Å². The highest BCUT2D eigenvalue weighted by atomic mass is 16.5. The minimum absolute atomic E-state index is 0.557. The van der Waals surface area contributed by atoms with Crippen molar-refractivity contribution in [1.82, 2.24) is 0 Å². The summed E-state index contributed by atoms with van der Waals surface area (Å²) in [5, 5.41) is 11.2. The zero-order valence-electron chi connectivity index (χ0n) is 41.6. The Balaban J connectivity index is 3.54. The van der Waals surface area contributed by atoms with Gasteiger partial charge in [0.2, 0.25) is 0 Å². The van der Waals surface area contributed by atoms with Crippen LogP contribution in [-0.2, 0) is 25.7 Å². The van der Waals surface area contributed by atoms with E-state index in [1.54, 1.807) is 0 Å². The summed E-state index contributed by atoms with van der Waals surface area (Å²) in [5.41, 5.74) is 5.99. The Kier molecular flexibility index (Phi) is 40.3. The Bertz CT molecular complexity index is 1090. The Morgan fingerprint density at radius 3 is 0.850 bits per heavy atom. The normalized spacial score (nSPS) is 11.6. The van der Waals surface area contributed by atoms with Crippen LogP contribution in [0.15, 0.2) is 0 Å². The van der Waals surface area contributed by atoms with E-state index in [2.05, 4.69) is 34.6 Å². The summed E-state index contributed by atoms with van der Waals surface area (Å²) in [6.45, 7) is 12.1. The Morgan fingerprint density at radius 2 is 0.550 bits per heavy atom. The lowest BCUT2D eigenvalue weighted by Crippen LogP contribution is -2.17. The first kappa shape index (κ1) is 56.5. The monoisotopic (exact) mass is 839 g/mol. The minimum Gasteiger partial charge on any atom is -0.492 e. The van der Waals surface area contributed by atoms with Crippen LogP contribution in [-0.4, -0.2) is 17.7 Å². The second-order valence-electron chi connectivity index (χ2n) is 19.1. The Morgan fingerprint density at radius 1 is 0.317 bits per heavy atom. The maximum atomic E-state index is 13.7. The molecule has 0 saturated heterocycles. The SMILES string of the molecule is CCCCCCCCCCOc1c(CCCCCCCCCC)c(CCCCCCCCCC)c(CCCCCCCCCC)c(CCCCCCCCCC)c1C(=O)O. The first-order valence-electron chi connectivity index (χ1n) is 27.6. The van der Waals surface area contributed by atoms with Crippen molar-refractivity contribution >= 4 is 5.97 Å². The Hall–Kier alpha value is -1.51. The molecule has 3 nitrogen and oxygen atoms in total. The largest absolute Gasteiger partial charge is 0.492 e. The highest BCUT2D eigenvalue weighted by Gasteiger charge is 2.28. The van der Waals surface area contributed by atoms with Crippen molar-refractivity contribution in [3.8, 4) is 5.75 Å². The van der Waals surface area contributed by atoms with E-state index < -0.39 is 5.97 Å². The van der Waals surface area contributed by atoms with Crippen molar-refractivity contribution < 1.29 is 14.6 Å². The summed E-state index contributed by atoms with van der Waals surface area (Å²) in [7, 11) is 0. The van der Waals surface area contributed by atoms with Crippen molar-refractivity contribution in [2.24, 2.45) is 0 Å². The molecule has 0 aliphatic heterocycles. The fourth-order valence-electron chi connectivity index (χ4n) is 9.62. The number of unbranched alkanes of at least 4 members (excludes halogenated alkanes) is 35. The van der Waals surface area contributed by atoms with Crippen LogP contribution < -0.4 is 4.74 Å². The van der Waals surface area contributed by atoms with Crippen molar-refractivity contribution in [2.45, 2.75) is 317 Å². The molecule has 0 amide bonds. The van der Waals surface area contributed by atoms with Gasteiger partial charge in [0.25, 0.3) is 0 Å². The summed E-state index contributed by atoms with van der Waals surface area (Å²) in [6.07, 6.45) is 55.7. The summed E-state index contributed by atoms with van der Waals surface area (Å²) in [6, 6.07) is 0. The standard InChI is InChI=1S/C57H106O3/c1-6-11-16-21-26-31-36-41-46-51-52(47-42-37-32-27-22-17-12-7-2)54(49-44-39-34-29-24-19-14-9-4)56(60-50-45-40-35-30-25-20-15-10-5)55(57(58)59)53(51)48-43-38-33-28-23-18-13-8-3/h6-50H2,1-5H3,(H,58,59). The average molecular weight is 839 g/mol. The van der Waals surface area contributed by atoms with Crippen LogP contribution in [0.1, 0.15) is 324 Å². The highest BCUT2D eigenvalue weighted by molar-refractivity contribution is 5.94. The molecule has 0 fully saturated rings. The third-order valence-electron chi connectivity index (χ3n) is 13.5. The summed E-state index contributed by atoms with van der Waals surface area (Å²) in [4.78, 5) is 13.7. The van der Waals surface area contributed by atoms with Crippen LogP contribution in [0, 0.1) is 0 Å². The van der Waals surface area contributed by atoms with Crippen molar-refractivity contribution in [3.05, 3.63) is 27.8 Å². The third-order valence-corrected chi connectivity index (χ3v) is 13.5. The molecule has 352 valence electrons. The lowest BCUT2D eigenvalue weighted by Gasteiger charge is -2.26. The molecule has 0 aliphatic rings. The maximum absolute atomic E-state index is 13.7. The predicted octanol–water partition coefficient (Wildman–Crippen LogP) is 19.6. The molecule has 1 aromatic rings. The molecule has 3 heteroatoms. The molecule has 0 atom stereocenters. The Labute approximate surface area is 376 Å². The molecule has 0 aromatic heterocycles. The molecule has 1 rings (SSSR count). The first-order valence-corrected chi connectivity index (χ1v) is 27.6. The van der Waals surface area contributed by atoms with Crippen LogP contribution in [0.25, 0.3) is 0 Å². The lowest BCUT2D eigenvalue weighted by atomic mass is 9.81. The van der Waals surface area contributed by atoms with Gasteiger partial charge in [0.15, 0.2) is 0 Å². The molecule has 0 radical (unpaired) electrons. The second kappa shape index (κ2) is 42.8. The van der Waals surface area contributed by atoms with E-state index >= 15 is 0 Å². The van der Waals surface area contributed by atoms with Gasteiger partial charge >= 0.3 is 5.97 Å². The van der Waals surface area contributed by atoms with E-state index in [4.69, 9.17) is 4.74 Å². The van der Waals surface area contributed by atoms with Crippen LogP contribution in [0.4, 0.5) is 0 Å². The van der Waals surface area contributed by atoms with E-state index in [0.717, 1.165) is 56.3 Å². The van der Waals surface area contributed by atoms with Gasteiger partial charge in [0, 0.05) is 0 Å². The number of carboxylic acid groups (broad SMARTS) is 1. The fraction of sp³-hybridized carbons (Fsp3) is 0.877. The van der Waals surface area contributed by atoms with Gasteiger partial charge in [-0.3, -0.25) is 0 Å². The zero-order chi connectivity index (χ0) is 43.6. The molecular weight excluding hydrogens is 733 g/mol. The number of hydrogen-bond acceptors (Lipinski definition) is 2. The number of benzene rings is 1. The maximum Gasteiger partial charge on any atom is 0.339 e. The number of carbonyl (C=O) groups is 1. The highest BCUT2D eigenvalue weighted by Crippen LogP contribution is 2.39. The van der Waals surface area contributed by atoms with Gasteiger partial charge in [-0.1, -0.05) is 259 Å². The quantitative estimate of drug-likeness (QED) is 0.0665. The molecule has 60 heavy (non-hydrogen) atoms. The smallest absolute Gasteiger partial charge is 0.339 e. The number of aromatic carboxylic acids is 1. The minimum atomic E-state index is -0.747.